The smallest absolute Gasteiger partial charge is 0.0900 e. The maximum Gasteiger partial charge on any atom is 0.0900 e. The molecule has 2 heterocycles. The van der Waals surface area contributed by atoms with Gasteiger partial charge in [-0.15, -0.1) is 11.3 Å². The molecule has 3 rings (SSSR count). The van der Waals surface area contributed by atoms with Crippen LogP contribution in [-0.2, 0) is 6.42 Å². The molecule has 0 saturated heterocycles. The first-order valence-corrected chi connectivity index (χ1v) is 6.88. The number of nitrogens with zero attached hydrogens (tertiary/aromatic N) is 1. The topological polar surface area (TPSA) is 24.9 Å². The summed E-state index contributed by atoms with van der Waals surface area (Å²) in [6.07, 6.45) is 1.03. The van der Waals surface area contributed by atoms with E-state index in [1.54, 1.807) is 11.3 Å². The highest BCUT2D eigenvalue weighted by Crippen LogP contribution is 2.33. The largest absolute Gasteiger partial charge is 0.305 e. The number of hydrogen-bond acceptors (Lipinski definition) is 3. The van der Waals surface area contributed by atoms with Crippen LogP contribution < -0.4 is 5.32 Å². The van der Waals surface area contributed by atoms with Gasteiger partial charge in [-0.3, -0.25) is 0 Å². The molecule has 88 valence electrons. The van der Waals surface area contributed by atoms with Gasteiger partial charge >= 0.3 is 0 Å². The standard InChI is InChI=1S/C13H13ClN2S/c1-8-16-11-6-7-15-12(13(11)17-8)9-2-4-10(14)5-3-9/h2-5,12,15H,6-7H2,1H3. The molecule has 1 N–H and O–H groups in total. The number of fused-ring (bicyclic) bond motifs is 1. The zero-order chi connectivity index (χ0) is 11.8. The van der Waals surface area contributed by atoms with Gasteiger partial charge < -0.3 is 5.32 Å². The molecule has 0 bridgehead atoms. The minimum absolute atomic E-state index is 0.280. The molecule has 2 nitrogen and oxygen atoms in total. The molecule has 2 aromatic rings. The van der Waals surface area contributed by atoms with E-state index in [1.165, 1.54) is 16.1 Å². The fourth-order valence-corrected chi connectivity index (χ4v) is 3.45. The minimum atomic E-state index is 0.280. The summed E-state index contributed by atoms with van der Waals surface area (Å²) in [7, 11) is 0. The first-order valence-electron chi connectivity index (χ1n) is 5.69. The summed E-state index contributed by atoms with van der Waals surface area (Å²) in [4.78, 5) is 5.95. The molecule has 17 heavy (non-hydrogen) atoms. The van der Waals surface area contributed by atoms with Crippen molar-refractivity contribution < 1.29 is 0 Å². The van der Waals surface area contributed by atoms with Crippen LogP contribution in [0.15, 0.2) is 24.3 Å². The molecule has 1 aliphatic heterocycles. The third kappa shape index (κ3) is 2.10. The van der Waals surface area contributed by atoms with Gasteiger partial charge in [0.15, 0.2) is 0 Å². The van der Waals surface area contributed by atoms with E-state index in [0.717, 1.165) is 23.0 Å². The van der Waals surface area contributed by atoms with Crippen LogP contribution in [-0.4, -0.2) is 11.5 Å². The van der Waals surface area contributed by atoms with Crippen LogP contribution in [0.3, 0.4) is 0 Å². The normalized spacial score (nSPS) is 19.1. The van der Waals surface area contributed by atoms with Gasteiger partial charge in [-0.1, -0.05) is 23.7 Å². The Morgan fingerprint density at radius 1 is 1.35 bits per heavy atom. The van der Waals surface area contributed by atoms with Gasteiger partial charge in [-0.25, -0.2) is 4.98 Å². The van der Waals surface area contributed by atoms with E-state index < -0.39 is 0 Å². The quantitative estimate of drug-likeness (QED) is 0.855. The highest BCUT2D eigenvalue weighted by molar-refractivity contribution is 7.11. The monoisotopic (exact) mass is 264 g/mol. The number of hydrogen-bond donors (Lipinski definition) is 1. The van der Waals surface area contributed by atoms with E-state index in [2.05, 4.69) is 29.4 Å². The minimum Gasteiger partial charge on any atom is -0.305 e. The zero-order valence-corrected chi connectivity index (χ0v) is 11.1. The molecule has 0 fully saturated rings. The van der Waals surface area contributed by atoms with Gasteiger partial charge in [-0.2, -0.15) is 0 Å². The van der Waals surface area contributed by atoms with Crippen molar-refractivity contribution in [1.29, 1.82) is 0 Å². The van der Waals surface area contributed by atoms with Crippen molar-refractivity contribution >= 4 is 22.9 Å². The van der Waals surface area contributed by atoms with Gasteiger partial charge in [0, 0.05) is 22.9 Å². The lowest BCUT2D eigenvalue weighted by atomic mass is 10.0. The summed E-state index contributed by atoms with van der Waals surface area (Å²) in [5.41, 5.74) is 2.52. The van der Waals surface area contributed by atoms with Crippen LogP contribution in [0, 0.1) is 6.92 Å². The summed E-state index contributed by atoms with van der Waals surface area (Å²) in [6.45, 7) is 3.06. The Kier molecular flexibility index (Phi) is 2.90. The Morgan fingerprint density at radius 3 is 2.88 bits per heavy atom. The van der Waals surface area contributed by atoms with Gasteiger partial charge in [-0.05, 0) is 24.6 Å². The van der Waals surface area contributed by atoms with Crippen LogP contribution in [0.1, 0.15) is 27.2 Å². The van der Waals surface area contributed by atoms with Crippen molar-refractivity contribution in [3.63, 3.8) is 0 Å². The average Bonchev–Trinajstić information content (AvgIpc) is 2.70. The van der Waals surface area contributed by atoms with Crippen LogP contribution in [0.4, 0.5) is 0 Å². The summed E-state index contributed by atoms with van der Waals surface area (Å²) in [5.74, 6) is 0. The summed E-state index contributed by atoms with van der Waals surface area (Å²) < 4.78 is 0. The Bertz CT molecular complexity index is 533. The Hall–Kier alpha value is -0.900. The number of benzene rings is 1. The SMILES string of the molecule is Cc1nc2c(s1)C(c1ccc(Cl)cc1)NCC2. The van der Waals surface area contributed by atoms with E-state index in [4.69, 9.17) is 11.6 Å². The summed E-state index contributed by atoms with van der Waals surface area (Å²) in [5, 5.41) is 5.48. The van der Waals surface area contributed by atoms with E-state index >= 15 is 0 Å². The van der Waals surface area contributed by atoms with Crippen molar-refractivity contribution in [2.45, 2.75) is 19.4 Å². The lowest BCUT2D eigenvalue weighted by Crippen LogP contribution is -2.29. The van der Waals surface area contributed by atoms with E-state index in [0.29, 0.717) is 0 Å². The predicted octanol–water partition coefficient (Wildman–Crippen LogP) is 3.34. The maximum absolute atomic E-state index is 5.92. The molecule has 1 aliphatic rings. The average molecular weight is 265 g/mol. The highest BCUT2D eigenvalue weighted by atomic mass is 35.5. The van der Waals surface area contributed by atoms with Gasteiger partial charge in [0.1, 0.15) is 0 Å². The van der Waals surface area contributed by atoms with Gasteiger partial charge in [0.05, 0.1) is 16.7 Å². The predicted molar refractivity (Wildman–Crippen MR) is 71.9 cm³/mol. The first kappa shape index (κ1) is 11.2. The second-order valence-corrected chi connectivity index (χ2v) is 5.90. The van der Waals surface area contributed by atoms with Crippen molar-refractivity contribution in [2.75, 3.05) is 6.54 Å². The van der Waals surface area contributed by atoms with Crippen molar-refractivity contribution in [3.05, 3.63) is 50.4 Å². The lowest BCUT2D eigenvalue weighted by Gasteiger charge is -2.23. The maximum atomic E-state index is 5.92. The second kappa shape index (κ2) is 4.41. The molecule has 0 aliphatic carbocycles. The number of aromatic nitrogens is 1. The van der Waals surface area contributed by atoms with Crippen LogP contribution in [0.2, 0.25) is 5.02 Å². The molecule has 1 aromatic heterocycles. The molecular weight excluding hydrogens is 252 g/mol. The fourth-order valence-electron chi connectivity index (χ4n) is 2.24. The number of halogens is 1. The Labute approximate surface area is 110 Å². The van der Waals surface area contributed by atoms with Crippen molar-refractivity contribution in [1.82, 2.24) is 10.3 Å². The van der Waals surface area contributed by atoms with Gasteiger partial charge in [0.2, 0.25) is 0 Å². The van der Waals surface area contributed by atoms with E-state index in [1.807, 2.05) is 12.1 Å². The number of nitrogens with one attached hydrogen (secondary N) is 1. The molecule has 1 atom stereocenters. The van der Waals surface area contributed by atoms with E-state index in [9.17, 15) is 0 Å². The second-order valence-electron chi connectivity index (χ2n) is 4.23. The van der Waals surface area contributed by atoms with E-state index in [-0.39, 0.29) is 6.04 Å². The lowest BCUT2D eigenvalue weighted by molar-refractivity contribution is 0.570. The third-order valence-corrected chi connectivity index (χ3v) is 4.34. The Morgan fingerprint density at radius 2 is 2.12 bits per heavy atom. The molecule has 0 radical (unpaired) electrons. The molecule has 1 unspecified atom stereocenters. The molecule has 1 aromatic carbocycles. The number of rotatable bonds is 1. The number of aryl methyl sites for hydroxylation is 1. The van der Waals surface area contributed by atoms with Crippen molar-refractivity contribution in [3.8, 4) is 0 Å². The fraction of sp³-hybridized carbons (Fsp3) is 0.308. The molecular formula is C13H13ClN2S. The first-order chi connectivity index (χ1) is 8.24. The van der Waals surface area contributed by atoms with Crippen LogP contribution >= 0.6 is 22.9 Å². The molecule has 0 spiro atoms. The van der Waals surface area contributed by atoms with Crippen molar-refractivity contribution in [2.24, 2.45) is 0 Å². The third-order valence-electron chi connectivity index (χ3n) is 3.01. The molecule has 0 saturated carbocycles. The summed E-state index contributed by atoms with van der Waals surface area (Å²) in [6, 6.07) is 8.35. The van der Waals surface area contributed by atoms with Crippen LogP contribution in [0.5, 0.6) is 0 Å². The Balaban J connectivity index is 2.02. The van der Waals surface area contributed by atoms with Gasteiger partial charge in [0.25, 0.3) is 0 Å². The summed E-state index contributed by atoms with van der Waals surface area (Å²) >= 11 is 7.72. The highest BCUT2D eigenvalue weighted by Gasteiger charge is 2.24. The molecule has 4 heteroatoms. The van der Waals surface area contributed by atoms with Crippen LogP contribution in [0.25, 0.3) is 0 Å². The number of thiazole rings is 1. The zero-order valence-electron chi connectivity index (χ0n) is 9.53. The molecule has 0 amide bonds.